The molecule has 4 rings (SSSR count). The van der Waals surface area contributed by atoms with E-state index < -0.39 is 28.3 Å². The molecule has 9 heteroatoms. The lowest BCUT2D eigenvalue weighted by Gasteiger charge is -2.38. The van der Waals surface area contributed by atoms with Crippen molar-refractivity contribution in [1.82, 2.24) is 5.32 Å². The fraction of sp³-hybridized carbons (Fsp3) is 0.321. The molecule has 0 saturated carbocycles. The van der Waals surface area contributed by atoms with Crippen LogP contribution in [0.2, 0.25) is 0 Å². The molecule has 3 aromatic carbocycles. The van der Waals surface area contributed by atoms with Gasteiger partial charge < -0.3 is 14.8 Å². The smallest absolute Gasteiger partial charge is 0.264 e. The van der Waals surface area contributed by atoms with Crippen LogP contribution in [0.3, 0.4) is 0 Å². The molecule has 1 heterocycles. The van der Waals surface area contributed by atoms with Gasteiger partial charge in [0.25, 0.3) is 10.0 Å². The monoisotopic (exact) mass is 526 g/mol. The van der Waals surface area contributed by atoms with Crippen LogP contribution in [-0.4, -0.2) is 47.2 Å². The Bertz CT molecular complexity index is 1280. The Morgan fingerprint density at radius 1 is 1.00 bits per heavy atom. The summed E-state index contributed by atoms with van der Waals surface area (Å²) in [5, 5.41) is 2.97. The molecule has 0 radical (unpaired) electrons. The number of rotatable bonds is 10. The summed E-state index contributed by atoms with van der Waals surface area (Å²) in [7, 11) is -4.16. The number of anilines is 1. The molecule has 196 valence electrons. The molecule has 1 saturated heterocycles. The van der Waals surface area contributed by atoms with Gasteiger partial charge in [0.05, 0.1) is 17.2 Å². The molecule has 0 atom stereocenters. The van der Waals surface area contributed by atoms with Gasteiger partial charge >= 0.3 is 0 Å². The summed E-state index contributed by atoms with van der Waals surface area (Å²) < 4.78 is 52.7. The molecule has 0 bridgehead atoms. The van der Waals surface area contributed by atoms with Crippen molar-refractivity contribution >= 4 is 21.6 Å². The van der Waals surface area contributed by atoms with Crippen LogP contribution in [0.5, 0.6) is 5.75 Å². The second-order valence-corrected chi connectivity index (χ2v) is 10.8. The van der Waals surface area contributed by atoms with Gasteiger partial charge in [0.2, 0.25) is 5.91 Å². The van der Waals surface area contributed by atoms with Gasteiger partial charge in [-0.2, -0.15) is 0 Å². The van der Waals surface area contributed by atoms with Crippen LogP contribution in [-0.2, 0) is 25.0 Å². The Balaban J connectivity index is 1.58. The molecule has 0 aromatic heterocycles. The number of ether oxygens (including phenoxy) is 2. The van der Waals surface area contributed by atoms with Crippen LogP contribution in [0, 0.1) is 5.82 Å². The molecule has 0 spiro atoms. The quantitative estimate of drug-likeness (QED) is 0.426. The minimum absolute atomic E-state index is 0.110. The number of halogens is 1. The summed E-state index contributed by atoms with van der Waals surface area (Å²) in [6, 6.07) is 21.0. The van der Waals surface area contributed by atoms with Crippen molar-refractivity contribution in [2.24, 2.45) is 0 Å². The third-order valence-corrected chi connectivity index (χ3v) is 8.37. The third kappa shape index (κ3) is 6.29. The molecule has 0 unspecified atom stereocenters. The zero-order valence-electron chi connectivity index (χ0n) is 20.7. The van der Waals surface area contributed by atoms with Crippen molar-refractivity contribution in [2.75, 3.05) is 37.2 Å². The van der Waals surface area contributed by atoms with Gasteiger partial charge in [-0.15, -0.1) is 0 Å². The molecular weight excluding hydrogens is 495 g/mol. The number of nitrogens with zero attached hydrogens (tertiary/aromatic N) is 1. The third-order valence-electron chi connectivity index (χ3n) is 6.58. The summed E-state index contributed by atoms with van der Waals surface area (Å²) in [6.07, 6.45) is 1.49. The van der Waals surface area contributed by atoms with Crippen LogP contribution >= 0.6 is 0 Å². The highest BCUT2D eigenvalue weighted by Gasteiger charge is 2.35. The second-order valence-electron chi connectivity index (χ2n) is 8.93. The van der Waals surface area contributed by atoms with Crippen molar-refractivity contribution in [3.63, 3.8) is 0 Å². The van der Waals surface area contributed by atoms with E-state index in [1.165, 1.54) is 12.1 Å². The highest BCUT2D eigenvalue weighted by molar-refractivity contribution is 7.92. The van der Waals surface area contributed by atoms with E-state index >= 15 is 0 Å². The number of nitrogens with one attached hydrogen (secondary N) is 1. The first kappa shape index (κ1) is 26.6. The van der Waals surface area contributed by atoms with Gasteiger partial charge in [-0.25, -0.2) is 12.8 Å². The number of hydrogen-bond donors (Lipinski definition) is 1. The van der Waals surface area contributed by atoms with Crippen LogP contribution in [0.1, 0.15) is 25.3 Å². The van der Waals surface area contributed by atoms with E-state index in [0.29, 0.717) is 37.8 Å². The topological polar surface area (TPSA) is 84.9 Å². The van der Waals surface area contributed by atoms with Gasteiger partial charge in [-0.05, 0) is 73.9 Å². The second kappa shape index (κ2) is 11.7. The lowest BCUT2D eigenvalue weighted by atomic mass is 9.74. The first-order valence-corrected chi connectivity index (χ1v) is 13.7. The lowest BCUT2D eigenvalue weighted by molar-refractivity contribution is -0.120. The van der Waals surface area contributed by atoms with Crippen molar-refractivity contribution in [3.05, 3.63) is 90.2 Å². The Morgan fingerprint density at radius 2 is 1.65 bits per heavy atom. The molecule has 7 nitrogen and oxygen atoms in total. The van der Waals surface area contributed by atoms with Crippen molar-refractivity contribution in [3.8, 4) is 5.75 Å². The normalized spacial score (nSPS) is 15.1. The van der Waals surface area contributed by atoms with Gasteiger partial charge in [0, 0.05) is 25.2 Å². The Kier molecular flexibility index (Phi) is 8.45. The summed E-state index contributed by atoms with van der Waals surface area (Å²) >= 11 is 0. The number of carbonyl (C=O) groups is 1. The zero-order valence-corrected chi connectivity index (χ0v) is 21.5. The first-order valence-electron chi connectivity index (χ1n) is 12.3. The summed E-state index contributed by atoms with van der Waals surface area (Å²) in [5.41, 5.74) is 1.11. The maximum atomic E-state index is 13.6. The van der Waals surface area contributed by atoms with E-state index in [2.05, 4.69) is 5.32 Å². The number of sulfonamides is 1. The Labute approximate surface area is 217 Å². The van der Waals surface area contributed by atoms with E-state index in [9.17, 15) is 17.6 Å². The van der Waals surface area contributed by atoms with Gasteiger partial charge in [-0.1, -0.05) is 30.3 Å². The zero-order chi connectivity index (χ0) is 26.3. The maximum absolute atomic E-state index is 13.6. The molecule has 1 fully saturated rings. The largest absolute Gasteiger partial charge is 0.494 e. The Morgan fingerprint density at radius 3 is 2.27 bits per heavy atom. The van der Waals surface area contributed by atoms with Gasteiger partial charge in [-0.3, -0.25) is 9.10 Å². The molecule has 37 heavy (non-hydrogen) atoms. The van der Waals surface area contributed by atoms with E-state index in [1.54, 1.807) is 24.3 Å². The van der Waals surface area contributed by atoms with Crippen molar-refractivity contribution in [2.45, 2.75) is 30.1 Å². The fourth-order valence-electron chi connectivity index (χ4n) is 4.50. The number of benzene rings is 3. The fourth-order valence-corrected chi connectivity index (χ4v) is 5.92. The molecular formula is C28H31FN2O5S. The molecule has 3 aromatic rings. The van der Waals surface area contributed by atoms with Crippen LogP contribution in [0.15, 0.2) is 83.8 Å². The van der Waals surface area contributed by atoms with Gasteiger partial charge in [0.1, 0.15) is 18.1 Å². The SMILES string of the molecule is CCOc1ccc(N(CC(=O)NCC2(c3ccccc3)CCOCC2)S(=O)(=O)c2ccc(F)cc2)cc1. The number of carbonyl (C=O) groups excluding carboxylic acids is 1. The maximum Gasteiger partial charge on any atom is 0.264 e. The molecule has 1 N–H and O–H groups in total. The summed E-state index contributed by atoms with van der Waals surface area (Å²) in [6.45, 7) is 3.41. The average Bonchev–Trinajstić information content (AvgIpc) is 2.92. The predicted octanol–water partition coefficient (Wildman–Crippen LogP) is 4.28. The first-order chi connectivity index (χ1) is 17.8. The molecule has 1 aliphatic rings. The summed E-state index contributed by atoms with van der Waals surface area (Å²) in [4.78, 5) is 13.1. The average molecular weight is 527 g/mol. The van der Waals surface area contributed by atoms with E-state index in [4.69, 9.17) is 9.47 Å². The molecule has 1 amide bonds. The highest BCUT2D eigenvalue weighted by atomic mass is 32.2. The van der Waals surface area contributed by atoms with E-state index in [1.807, 2.05) is 37.3 Å². The van der Waals surface area contributed by atoms with E-state index in [0.717, 1.165) is 34.8 Å². The van der Waals surface area contributed by atoms with Crippen molar-refractivity contribution < 1.29 is 27.1 Å². The molecule has 1 aliphatic heterocycles. The van der Waals surface area contributed by atoms with Crippen molar-refractivity contribution in [1.29, 1.82) is 0 Å². The highest BCUT2D eigenvalue weighted by Crippen LogP contribution is 2.34. The summed E-state index contributed by atoms with van der Waals surface area (Å²) in [5.74, 6) is -0.410. The lowest BCUT2D eigenvalue weighted by Crippen LogP contribution is -2.48. The van der Waals surface area contributed by atoms with Crippen LogP contribution in [0.25, 0.3) is 0 Å². The number of hydrogen-bond acceptors (Lipinski definition) is 5. The molecule has 0 aliphatic carbocycles. The van der Waals surface area contributed by atoms with Crippen LogP contribution in [0.4, 0.5) is 10.1 Å². The van der Waals surface area contributed by atoms with Crippen LogP contribution < -0.4 is 14.4 Å². The van der Waals surface area contributed by atoms with E-state index in [-0.39, 0.29) is 10.3 Å². The number of amides is 1. The standard InChI is InChI=1S/C28H31FN2O5S/c1-2-36-25-12-10-24(11-13-25)31(37(33,34)26-14-8-23(29)9-15-26)20-27(32)30-21-28(16-18-35-19-17-28)22-6-4-3-5-7-22/h3-15H,2,16-21H2,1H3,(H,30,32). The minimum Gasteiger partial charge on any atom is -0.494 e. The minimum atomic E-state index is -4.16. The van der Waals surface area contributed by atoms with Gasteiger partial charge in [0.15, 0.2) is 0 Å². The predicted molar refractivity (Wildman–Crippen MR) is 140 cm³/mol. The Hall–Kier alpha value is -3.43.